The van der Waals surface area contributed by atoms with Crippen molar-refractivity contribution in [1.82, 2.24) is 19.6 Å². The van der Waals surface area contributed by atoms with Crippen molar-refractivity contribution in [2.75, 3.05) is 0 Å². The van der Waals surface area contributed by atoms with E-state index in [-0.39, 0.29) is 19.0 Å². The molecule has 0 radical (unpaired) electrons. The van der Waals surface area contributed by atoms with Crippen LogP contribution >= 0.6 is 0 Å². The summed E-state index contributed by atoms with van der Waals surface area (Å²) in [5.41, 5.74) is 5.26. The lowest BCUT2D eigenvalue weighted by molar-refractivity contribution is -0.136. The average molecular weight is 484 g/mol. The molecule has 0 saturated carbocycles. The minimum Gasteiger partial charge on any atom is -0.369 e. The van der Waals surface area contributed by atoms with Gasteiger partial charge in [-0.3, -0.25) is 0 Å². The first-order valence-electron chi connectivity index (χ1n) is 11.1. The number of aromatic nitrogens is 4. The zero-order chi connectivity index (χ0) is 25.2. The molecule has 0 unspecified atom stereocenters. The second-order valence-electron chi connectivity index (χ2n) is 8.40. The highest BCUT2D eigenvalue weighted by Gasteiger charge is 2.24. The van der Waals surface area contributed by atoms with Gasteiger partial charge in [0.2, 0.25) is 0 Å². The molecule has 36 heavy (non-hydrogen) atoms. The molecule has 0 spiro atoms. The molecule has 0 atom stereocenters. The van der Waals surface area contributed by atoms with Gasteiger partial charge in [-0.05, 0) is 48.9 Å². The Kier molecular flexibility index (Phi) is 6.14. The maximum atomic E-state index is 14.1. The molecule has 9 nitrogen and oxygen atoms in total. The second-order valence-corrected chi connectivity index (χ2v) is 8.40. The van der Waals surface area contributed by atoms with E-state index in [0.29, 0.717) is 40.0 Å². The summed E-state index contributed by atoms with van der Waals surface area (Å²) >= 11 is 0. The van der Waals surface area contributed by atoms with Gasteiger partial charge in [-0.1, -0.05) is 22.5 Å². The van der Waals surface area contributed by atoms with Crippen molar-refractivity contribution in [3.05, 3.63) is 88.1 Å². The number of rotatable bonds is 7. The van der Waals surface area contributed by atoms with Crippen LogP contribution in [0.2, 0.25) is 0 Å². The molecular formula is C26H21FN6O3. The molecule has 0 fully saturated rings. The van der Waals surface area contributed by atoms with Crippen molar-refractivity contribution in [2.24, 2.45) is 12.2 Å². The molecule has 0 aliphatic carbocycles. The maximum absolute atomic E-state index is 14.1. The number of hydrogen-bond donors (Lipinski definition) is 0. The van der Waals surface area contributed by atoms with E-state index in [0.717, 1.165) is 16.8 Å². The van der Waals surface area contributed by atoms with Gasteiger partial charge in [-0.25, -0.2) is 13.9 Å². The zero-order valence-electron chi connectivity index (χ0n) is 19.6. The number of carbonyl (C=O) groups is 1. The molecule has 1 aliphatic rings. The van der Waals surface area contributed by atoms with E-state index in [4.69, 9.17) is 14.8 Å². The molecule has 4 aromatic rings. The van der Waals surface area contributed by atoms with Gasteiger partial charge >= 0.3 is 5.97 Å². The van der Waals surface area contributed by atoms with E-state index >= 15 is 0 Å². The fraction of sp³-hybridized carbons (Fsp3) is 0.192. The maximum Gasteiger partial charge on any atom is 0.367 e. The summed E-state index contributed by atoms with van der Waals surface area (Å²) < 4.78 is 23.7. The van der Waals surface area contributed by atoms with Crippen LogP contribution in [0.5, 0.6) is 0 Å². The Morgan fingerprint density at radius 3 is 2.72 bits per heavy atom. The van der Waals surface area contributed by atoms with Crippen molar-refractivity contribution in [3.63, 3.8) is 0 Å². The Morgan fingerprint density at radius 1 is 1.19 bits per heavy atom. The molecule has 0 amide bonds. The molecule has 2 aromatic heterocycles. The van der Waals surface area contributed by atoms with Crippen molar-refractivity contribution in [2.45, 2.75) is 26.7 Å². The number of aryl methyl sites for hydroxylation is 1. The van der Waals surface area contributed by atoms with Gasteiger partial charge in [0.05, 0.1) is 54.6 Å². The van der Waals surface area contributed by atoms with E-state index in [1.165, 1.54) is 12.1 Å². The van der Waals surface area contributed by atoms with E-state index in [1.807, 2.05) is 23.7 Å². The third kappa shape index (κ3) is 4.52. The van der Waals surface area contributed by atoms with Crippen LogP contribution in [0.1, 0.15) is 35.0 Å². The number of halogens is 1. The highest BCUT2D eigenvalue weighted by Crippen LogP contribution is 2.30. The molecule has 0 bridgehead atoms. The number of oxime groups is 1. The van der Waals surface area contributed by atoms with Crippen LogP contribution in [-0.2, 0) is 41.2 Å². The number of fused-ring (bicyclic) bond motifs is 1. The number of benzene rings is 2. The summed E-state index contributed by atoms with van der Waals surface area (Å²) in [7, 11) is 1.86. The molecular weight excluding hydrogens is 463 g/mol. The first kappa shape index (κ1) is 23.1. The second kappa shape index (κ2) is 9.56. The first-order valence-corrected chi connectivity index (χ1v) is 11.1. The number of carbonyl (C=O) groups excluding carboxylic acids is 1. The van der Waals surface area contributed by atoms with Crippen LogP contribution in [0, 0.1) is 17.1 Å². The minimum absolute atomic E-state index is 0.194. The van der Waals surface area contributed by atoms with Crippen molar-refractivity contribution in [3.8, 4) is 6.07 Å². The van der Waals surface area contributed by atoms with Gasteiger partial charge in [-0.2, -0.15) is 5.26 Å². The van der Waals surface area contributed by atoms with Crippen molar-refractivity contribution >= 4 is 28.7 Å². The molecule has 0 N–H and O–H groups in total. The predicted molar refractivity (Wildman–Crippen MR) is 129 cm³/mol. The fourth-order valence-electron chi connectivity index (χ4n) is 4.10. The smallest absolute Gasteiger partial charge is 0.367 e. The number of hydrogen-bond acceptors (Lipinski definition) is 7. The Bertz CT molecular complexity index is 1570. The molecule has 1 aliphatic heterocycles. The summed E-state index contributed by atoms with van der Waals surface area (Å²) in [5.74, 6) is -0.926. The Hall–Kier alpha value is -4.62. The van der Waals surface area contributed by atoms with Gasteiger partial charge < -0.3 is 14.1 Å². The van der Waals surface area contributed by atoms with E-state index in [9.17, 15) is 9.18 Å². The van der Waals surface area contributed by atoms with Crippen molar-refractivity contribution in [1.29, 1.82) is 5.26 Å². The standard InChI is InChI=1S/C26H21FN6O3/c1-16-21(26(34)36-30-16)10-23-22-9-19(27)7-8-24(22)32(2)25(23)15-35-14-20-13-33(31-29-20)12-18-5-3-17(11-28)4-6-18/h3-10,13H,12,14-15H2,1-2H3/b21-10+. The third-order valence-electron chi connectivity index (χ3n) is 5.99. The van der Waals surface area contributed by atoms with E-state index in [1.54, 1.807) is 42.1 Å². The van der Waals surface area contributed by atoms with Crippen LogP contribution in [-0.4, -0.2) is 31.2 Å². The van der Waals surface area contributed by atoms with Crippen LogP contribution in [0.3, 0.4) is 0 Å². The topological polar surface area (TPSA) is 107 Å². The summed E-state index contributed by atoms with van der Waals surface area (Å²) in [6, 6.07) is 13.9. The summed E-state index contributed by atoms with van der Waals surface area (Å²) in [6.45, 7) is 2.60. The lowest BCUT2D eigenvalue weighted by Crippen LogP contribution is -2.05. The third-order valence-corrected chi connectivity index (χ3v) is 5.99. The molecule has 2 aromatic carbocycles. The summed E-state index contributed by atoms with van der Waals surface area (Å²) in [4.78, 5) is 16.9. The normalized spacial score (nSPS) is 14.3. The summed E-state index contributed by atoms with van der Waals surface area (Å²) in [5, 5.41) is 21.6. The van der Waals surface area contributed by atoms with Gasteiger partial charge in [0.1, 0.15) is 11.5 Å². The molecule has 10 heteroatoms. The quantitative estimate of drug-likeness (QED) is 0.291. The Balaban J connectivity index is 1.34. The van der Waals surface area contributed by atoms with Gasteiger partial charge in [0.25, 0.3) is 0 Å². The number of nitrogens with zero attached hydrogens (tertiary/aromatic N) is 6. The van der Waals surface area contributed by atoms with Crippen LogP contribution in [0.15, 0.2) is 59.4 Å². The fourth-order valence-corrected chi connectivity index (χ4v) is 4.10. The van der Waals surface area contributed by atoms with Gasteiger partial charge in [0.15, 0.2) is 0 Å². The van der Waals surface area contributed by atoms with Gasteiger partial charge in [0, 0.05) is 23.5 Å². The van der Waals surface area contributed by atoms with Crippen LogP contribution in [0.25, 0.3) is 17.0 Å². The highest BCUT2D eigenvalue weighted by molar-refractivity contribution is 6.24. The molecule has 5 rings (SSSR count). The number of nitriles is 1. The predicted octanol–water partition coefficient (Wildman–Crippen LogP) is 3.86. The zero-order valence-corrected chi connectivity index (χ0v) is 19.6. The molecule has 0 saturated heterocycles. The molecule has 3 heterocycles. The van der Waals surface area contributed by atoms with Crippen LogP contribution < -0.4 is 0 Å². The lowest BCUT2D eigenvalue weighted by atomic mass is 10.0. The molecule has 180 valence electrons. The average Bonchev–Trinajstić information content (AvgIpc) is 3.53. The Labute approximate surface area is 205 Å². The van der Waals surface area contributed by atoms with Crippen LogP contribution in [0.4, 0.5) is 4.39 Å². The first-order chi connectivity index (χ1) is 17.4. The lowest BCUT2D eigenvalue weighted by Gasteiger charge is -2.07. The number of ether oxygens (including phenoxy) is 1. The largest absolute Gasteiger partial charge is 0.369 e. The minimum atomic E-state index is -0.549. The Morgan fingerprint density at radius 2 is 2.00 bits per heavy atom. The van der Waals surface area contributed by atoms with E-state index < -0.39 is 5.97 Å². The summed E-state index contributed by atoms with van der Waals surface area (Å²) in [6.07, 6.45) is 3.47. The van der Waals surface area contributed by atoms with Crippen molar-refractivity contribution < 1.29 is 18.8 Å². The van der Waals surface area contributed by atoms with Gasteiger partial charge in [-0.15, -0.1) is 5.10 Å². The monoisotopic (exact) mass is 484 g/mol. The SMILES string of the molecule is CC1=NOC(=O)/C1=C/c1c(COCc2cn(Cc3ccc(C#N)cc3)nn2)n(C)c2ccc(F)cc12. The van der Waals surface area contributed by atoms with E-state index in [2.05, 4.69) is 21.5 Å². The highest BCUT2D eigenvalue weighted by atomic mass is 19.1.